The number of fused-ring (bicyclic) bond motifs is 1. The maximum absolute atomic E-state index is 9.89. The van der Waals surface area contributed by atoms with Gasteiger partial charge in [0, 0.05) is 10.9 Å². The fourth-order valence-corrected chi connectivity index (χ4v) is 2.28. The SMILES string of the molecule is CCCCCOc1c(C(C)O)ccc2ccccc12. The van der Waals surface area contributed by atoms with Gasteiger partial charge in [-0.3, -0.25) is 0 Å². The van der Waals surface area contributed by atoms with Crippen molar-refractivity contribution in [2.24, 2.45) is 0 Å². The van der Waals surface area contributed by atoms with Gasteiger partial charge in [0.2, 0.25) is 0 Å². The molecule has 0 aliphatic carbocycles. The molecule has 2 rings (SSSR count). The Morgan fingerprint density at radius 3 is 2.63 bits per heavy atom. The average Bonchev–Trinajstić information content (AvgIpc) is 2.43. The largest absolute Gasteiger partial charge is 0.493 e. The van der Waals surface area contributed by atoms with E-state index >= 15 is 0 Å². The van der Waals surface area contributed by atoms with Crippen molar-refractivity contribution in [2.75, 3.05) is 6.61 Å². The Hall–Kier alpha value is -1.54. The first-order valence-corrected chi connectivity index (χ1v) is 7.06. The molecule has 2 aromatic carbocycles. The Bertz CT molecular complexity index is 532. The molecule has 102 valence electrons. The molecule has 0 aromatic heterocycles. The van der Waals surface area contributed by atoms with Crippen LogP contribution in [0.4, 0.5) is 0 Å². The predicted octanol–water partition coefficient (Wildman–Crippen LogP) is 4.46. The van der Waals surface area contributed by atoms with Crippen molar-refractivity contribution >= 4 is 10.8 Å². The number of unbranched alkanes of at least 4 members (excludes halogenated alkanes) is 2. The third-order valence-electron chi connectivity index (χ3n) is 3.35. The number of aliphatic hydroxyl groups is 1. The van der Waals surface area contributed by atoms with E-state index in [2.05, 4.69) is 19.1 Å². The van der Waals surface area contributed by atoms with Gasteiger partial charge in [0.25, 0.3) is 0 Å². The van der Waals surface area contributed by atoms with Crippen LogP contribution in [0.1, 0.15) is 44.8 Å². The van der Waals surface area contributed by atoms with Crippen LogP contribution in [-0.2, 0) is 0 Å². The summed E-state index contributed by atoms with van der Waals surface area (Å²) in [5.41, 5.74) is 0.871. The number of rotatable bonds is 6. The number of aliphatic hydroxyl groups excluding tert-OH is 1. The normalized spacial score (nSPS) is 12.6. The first kappa shape index (κ1) is 13.9. The molecule has 2 heteroatoms. The Morgan fingerprint density at radius 2 is 1.89 bits per heavy atom. The standard InChI is InChI=1S/C17H22O2/c1-3-4-7-12-19-17-15(13(2)18)11-10-14-8-5-6-9-16(14)17/h5-6,8-11,13,18H,3-4,7,12H2,1-2H3. The molecule has 0 fully saturated rings. The van der Waals surface area contributed by atoms with Gasteiger partial charge < -0.3 is 9.84 Å². The molecular weight excluding hydrogens is 236 g/mol. The van der Waals surface area contributed by atoms with Crippen LogP contribution in [0.15, 0.2) is 36.4 Å². The molecule has 0 heterocycles. The Morgan fingerprint density at radius 1 is 1.11 bits per heavy atom. The first-order valence-electron chi connectivity index (χ1n) is 7.06. The first-order chi connectivity index (χ1) is 9.24. The lowest BCUT2D eigenvalue weighted by Gasteiger charge is -2.16. The number of hydrogen-bond donors (Lipinski definition) is 1. The van der Waals surface area contributed by atoms with Gasteiger partial charge in [0.05, 0.1) is 12.7 Å². The van der Waals surface area contributed by atoms with Crippen molar-refractivity contribution in [3.8, 4) is 5.75 Å². The van der Waals surface area contributed by atoms with Crippen molar-refractivity contribution in [1.82, 2.24) is 0 Å². The van der Waals surface area contributed by atoms with Crippen LogP contribution in [0, 0.1) is 0 Å². The van der Waals surface area contributed by atoms with Gasteiger partial charge in [-0.25, -0.2) is 0 Å². The summed E-state index contributed by atoms with van der Waals surface area (Å²) in [5.74, 6) is 0.837. The summed E-state index contributed by atoms with van der Waals surface area (Å²) >= 11 is 0. The molecule has 19 heavy (non-hydrogen) atoms. The highest BCUT2D eigenvalue weighted by Gasteiger charge is 2.12. The van der Waals surface area contributed by atoms with Gasteiger partial charge in [-0.15, -0.1) is 0 Å². The van der Waals surface area contributed by atoms with Gasteiger partial charge in [0.1, 0.15) is 5.75 Å². The average molecular weight is 258 g/mol. The molecule has 2 nitrogen and oxygen atoms in total. The third kappa shape index (κ3) is 3.27. The molecule has 1 unspecified atom stereocenters. The molecule has 2 aromatic rings. The van der Waals surface area contributed by atoms with Gasteiger partial charge in [-0.05, 0) is 18.7 Å². The zero-order chi connectivity index (χ0) is 13.7. The van der Waals surface area contributed by atoms with Crippen LogP contribution in [-0.4, -0.2) is 11.7 Å². The molecule has 1 N–H and O–H groups in total. The summed E-state index contributed by atoms with van der Waals surface area (Å²) in [6.45, 7) is 4.67. The highest BCUT2D eigenvalue weighted by molar-refractivity contribution is 5.89. The monoisotopic (exact) mass is 258 g/mol. The van der Waals surface area contributed by atoms with E-state index in [0.29, 0.717) is 6.61 Å². The zero-order valence-corrected chi connectivity index (χ0v) is 11.7. The number of benzene rings is 2. The fraction of sp³-hybridized carbons (Fsp3) is 0.412. The van der Waals surface area contributed by atoms with Crippen LogP contribution < -0.4 is 4.74 Å². The Balaban J connectivity index is 2.33. The van der Waals surface area contributed by atoms with Crippen LogP contribution in [0.2, 0.25) is 0 Å². The van der Waals surface area contributed by atoms with Crippen molar-refractivity contribution in [3.05, 3.63) is 42.0 Å². The van der Waals surface area contributed by atoms with Gasteiger partial charge in [0.15, 0.2) is 0 Å². The Labute approximate surface area is 115 Å². The van der Waals surface area contributed by atoms with E-state index in [9.17, 15) is 5.11 Å². The van der Waals surface area contributed by atoms with Gasteiger partial charge in [-0.2, -0.15) is 0 Å². The van der Waals surface area contributed by atoms with Crippen molar-refractivity contribution in [1.29, 1.82) is 0 Å². The quantitative estimate of drug-likeness (QED) is 0.775. The topological polar surface area (TPSA) is 29.5 Å². The van der Waals surface area contributed by atoms with Crippen molar-refractivity contribution in [2.45, 2.75) is 39.2 Å². The lowest BCUT2D eigenvalue weighted by molar-refractivity contribution is 0.191. The maximum atomic E-state index is 9.89. The van der Waals surface area contributed by atoms with Crippen LogP contribution in [0.3, 0.4) is 0 Å². The summed E-state index contributed by atoms with van der Waals surface area (Å²) < 4.78 is 5.95. The molecule has 0 saturated heterocycles. The van der Waals surface area contributed by atoms with Crippen molar-refractivity contribution < 1.29 is 9.84 Å². The Kier molecular flexibility index (Phi) is 4.80. The molecule has 0 aliphatic rings. The molecule has 0 bridgehead atoms. The molecule has 0 aliphatic heterocycles. The minimum absolute atomic E-state index is 0.509. The molecular formula is C17H22O2. The smallest absolute Gasteiger partial charge is 0.132 e. The highest BCUT2D eigenvalue weighted by atomic mass is 16.5. The number of ether oxygens (including phenoxy) is 1. The zero-order valence-electron chi connectivity index (χ0n) is 11.7. The van der Waals surface area contributed by atoms with E-state index in [0.717, 1.165) is 28.5 Å². The lowest BCUT2D eigenvalue weighted by atomic mass is 10.0. The lowest BCUT2D eigenvalue weighted by Crippen LogP contribution is -2.03. The second kappa shape index (κ2) is 6.58. The maximum Gasteiger partial charge on any atom is 0.132 e. The summed E-state index contributed by atoms with van der Waals surface area (Å²) in [4.78, 5) is 0. The summed E-state index contributed by atoms with van der Waals surface area (Å²) in [6.07, 6.45) is 2.90. The molecule has 0 amide bonds. The van der Waals surface area contributed by atoms with E-state index in [1.165, 1.54) is 12.8 Å². The number of hydrogen-bond acceptors (Lipinski definition) is 2. The van der Waals surface area contributed by atoms with Crippen LogP contribution in [0.5, 0.6) is 5.75 Å². The van der Waals surface area contributed by atoms with Crippen molar-refractivity contribution in [3.63, 3.8) is 0 Å². The summed E-state index contributed by atoms with van der Waals surface area (Å²) in [5, 5.41) is 12.1. The van der Waals surface area contributed by atoms with E-state index in [1.807, 2.05) is 24.3 Å². The third-order valence-corrected chi connectivity index (χ3v) is 3.35. The van der Waals surface area contributed by atoms with Gasteiger partial charge >= 0.3 is 0 Å². The van der Waals surface area contributed by atoms with E-state index in [1.54, 1.807) is 6.92 Å². The molecule has 0 saturated carbocycles. The minimum atomic E-state index is -0.509. The van der Waals surface area contributed by atoms with Crippen LogP contribution in [0.25, 0.3) is 10.8 Å². The minimum Gasteiger partial charge on any atom is -0.493 e. The molecule has 1 atom stereocenters. The van der Waals surface area contributed by atoms with E-state index < -0.39 is 6.10 Å². The van der Waals surface area contributed by atoms with E-state index in [4.69, 9.17) is 4.74 Å². The van der Waals surface area contributed by atoms with E-state index in [-0.39, 0.29) is 0 Å². The van der Waals surface area contributed by atoms with Gasteiger partial charge in [-0.1, -0.05) is 56.2 Å². The second-order valence-corrected chi connectivity index (χ2v) is 4.94. The molecule has 0 radical (unpaired) electrons. The summed E-state index contributed by atoms with van der Waals surface area (Å²) in [6, 6.07) is 12.1. The molecule has 0 spiro atoms. The summed E-state index contributed by atoms with van der Waals surface area (Å²) in [7, 11) is 0. The van der Waals surface area contributed by atoms with Crippen LogP contribution >= 0.6 is 0 Å². The second-order valence-electron chi connectivity index (χ2n) is 4.94. The highest BCUT2D eigenvalue weighted by Crippen LogP contribution is 2.33. The fourth-order valence-electron chi connectivity index (χ4n) is 2.28. The predicted molar refractivity (Wildman–Crippen MR) is 79.6 cm³/mol.